The number of amides is 1. The molecule has 1 atom stereocenters. The van der Waals surface area contributed by atoms with Gasteiger partial charge in [-0.2, -0.15) is 0 Å². The molecule has 1 aromatic rings. The minimum Gasteiger partial charge on any atom is -0.351 e. The van der Waals surface area contributed by atoms with Crippen molar-refractivity contribution in [2.24, 2.45) is 5.92 Å². The van der Waals surface area contributed by atoms with Crippen LogP contribution in [0.5, 0.6) is 0 Å². The highest BCUT2D eigenvalue weighted by Gasteiger charge is 2.14. The average molecular weight is 384 g/mol. The Morgan fingerprint density at radius 1 is 1.41 bits per heavy atom. The van der Waals surface area contributed by atoms with Gasteiger partial charge in [-0.15, -0.1) is 11.6 Å². The molecule has 1 N–H and O–H groups in total. The first-order valence-corrected chi connectivity index (χ1v) is 7.31. The summed E-state index contributed by atoms with van der Waals surface area (Å²) in [7, 11) is 0. The quantitative estimate of drug-likeness (QED) is 0.776. The second kappa shape index (κ2) is 6.76. The summed E-state index contributed by atoms with van der Waals surface area (Å²) < 4.78 is 1.69. The van der Waals surface area contributed by atoms with Gasteiger partial charge in [0.1, 0.15) is 0 Å². The molecule has 0 saturated heterocycles. The number of rotatable bonds is 4. The fourth-order valence-electron chi connectivity index (χ4n) is 1.19. The summed E-state index contributed by atoms with van der Waals surface area (Å²) in [5.41, 5.74) is 0.612. The van der Waals surface area contributed by atoms with E-state index < -0.39 is 0 Å². The van der Waals surface area contributed by atoms with Crippen LogP contribution in [0.3, 0.4) is 0 Å². The van der Waals surface area contributed by atoms with E-state index in [1.807, 2.05) is 26.0 Å². The van der Waals surface area contributed by atoms with Gasteiger partial charge in [0, 0.05) is 15.5 Å². The molecule has 0 aromatic heterocycles. The standard InChI is InChI=1S/C12H14Br2ClNO/c1-7(2)11(15)6-16-12(17)9-4-3-8(13)5-10(9)14/h3-5,7,11H,6H2,1-2H3,(H,16,17). The smallest absolute Gasteiger partial charge is 0.252 e. The second-order valence-corrected chi connectivity index (χ2v) is 6.42. The van der Waals surface area contributed by atoms with E-state index in [2.05, 4.69) is 37.2 Å². The van der Waals surface area contributed by atoms with Crippen molar-refractivity contribution in [3.05, 3.63) is 32.7 Å². The largest absolute Gasteiger partial charge is 0.351 e. The van der Waals surface area contributed by atoms with Gasteiger partial charge in [-0.25, -0.2) is 0 Å². The third-order valence-corrected chi connectivity index (χ3v) is 4.16. The SMILES string of the molecule is CC(C)C(Cl)CNC(=O)c1ccc(Br)cc1Br. The van der Waals surface area contributed by atoms with Crippen molar-refractivity contribution in [3.63, 3.8) is 0 Å². The fraction of sp³-hybridized carbons (Fsp3) is 0.417. The third-order valence-electron chi connectivity index (χ3n) is 2.36. The van der Waals surface area contributed by atoms with Crippen LogP contribution in [0.4, 0.5) is 0 Å². The Hall–Kier alpha value is -0.0600. The van der Waals surface area contributed by atoms with Crippen molar-refractivity contribution in [1.29, 1.82) is 0 Å². The number of nitrogens with one attached hydrogen (secondary N) is 1. The van der Waals surface area contributed by atoms with Crippen molar-refractivity contribution >= 4 is 49.4 Å². The Morgan fingerprint density at radius 3 is 2.59 bits per heavy atom. The highest BCUT2D eigenvalue weighted by atomic mass is 79.9. The number of hydrogen-bond acceptors (Lipinski definition) is 1. The van der Waals surface area contributed by atoms with Crippen LogP contribution in [0, 0.1) is 5.92 Å². The van der Waals surface area contributed by atoms with Gasteiger partial charge in [0.25, 0.3) is 5.91 Å². The maximum atomic E-state index is 11.9. The molecule has 2 nitrogen and oxygen atoms in total. The molecule has 0 heterocycles. The molecule has 17 heavy (non-hydrogen) atoms. The molecule has 0 radical (unpaired) electrons. The van der Waals surface area contributed by atoms with Crippen LogP contribution in [0.2, 0.25) is 0 Å². The van der Waals surface area contributed by atoms with E-state index in [1.54, 1.807) is 6.07 Å². The molecule has 0 aliphatic carbocycles. The molecule has 5 heteroatoms. The van der Waals surface area contributed by atoms with Gasteiger partial charge in [-0.05, 0) is 40.0 Å². The summed E-state index contributed by atoms with van der Waals surface area (Å²) in [5, 5.41) is 2.78. The molecule has 1 rings (SSSR count). The van der Waals surface area contributed by atoms with Crippen LogP contribution in [-0.2, 0) is 0 Å². The first kappa shape index (κ1) is 15.0. The first-order valence-electron chi connectivity index (χ1n) is 5.29. The summed E-state index contributed by atoms with van der Waals surface area (Å²) in [4.78, 5) is 11.9. The van der Waals surface area contributed by atoms with Gasteiger partial charge >= 0.3 is 0 Å². The minimum absolute atomic E-state index is 0.0480. The van der Waals surface area contributed by atoms with E-state index in [0.29, 0.717) is 18.0 Å². The summed E-state index contributed by atoms with van der Waals surface area (Å²) in [6.45, 7) is 4.53. The number of halogens is 3. The van der Waals surface area contributed by atoms with Crippen LogP contribution < -0.4 is 5.32 Å². The molecule has 0 aliphatic rings. The number of carbonyl (C=O) groups excluding carboxylic acids is 1. The maximum Gasteiger partial charge on any atom is 0.252 e. The van der Waals surface area contributed by atoms with E-state index in [4.69, 9.17) is 11.6 Å². The fourth-order valence-corrected chi connectivity index (χ4v) is 2.50. The van der Waals surface area contributed by atoms with Gasteiger partial charge in [-0.3, -0.25) is 4.79 Å². The van der Waals surface area contributed by atoms with Gasteiger partial charge in [0.2, 0.25) is 0 Å². The lowest BCUT2D eigenvalue weighted by atomic mass is 10.1. The lowest BCUT2D eigenvalue weighted by Crippen LogP contribution is -2.32. The van der Waals surface area contributed by atoms with Crippen molar-refractivity contribution in [1.82, 2.24) is 5.32 Å². The Morgan fingerprint density at radius 2 is 2.06 bits per heavy atom. The Balaban J connectivity index is 2.64. The first-order chi connectivity index (χ1) is 7.91. The van der Waals surface area contributed by atoms with Gasteiger partial charge in [-0.1, -0.05) is 29.8 Å². The van der Waals surface area contributed by atoms with Crippen LogP contribution in [-0.4, -0.2) is 17.8 Å². The van der Waals surface area contributed by atoms with E-state index in [1.165, 1.54) is 0 Å². The monoisotopic (exact) mass is 381 g/mol. The molecule has 0 bridgehead atoms. The average Bonchev–Trinajstić information content (AvgIpc) is 2.25. The molecule has 0 spiro atoms. The van der Waals surface area contributed by atoms with Gasteiger partial charge in [0.15, 0.2) is 0 Å². The lowest BCUT2D eigenvalue weighted by Gasteiger charge is -2.14. The summed E-state index contributed by atoms with van der Waals surface area (Å²) in [6, 6.07) is 5.44. The van der Waals surface area contributed by atoms with Crippen LogP contribution in [0.1, 0.15) is 24.2 Å². The molecule has 0 fully saturated rings. The summed E-state index contributed by atoms with van der Waals surface area (Å²) >= 11 is 12.8. The predicted octanol–water partition coefficient (Wildman–Crippen LogP) is 4.20. The van der Waals surface area contributed by atoms with Gasteiger partial charge < -0.3 is 5.32 Å². The van der Waals surface area contributed by atoms with E-state index in [0.717, 1.165) is 8.95 Å². The number of alkyl halides is 1. The second-order valence-electron chi connectivity index (χ2n) is 4.09. The number of hydrogen-bond donors (Lipinski definition) is 1. The van der Waals surface area contributed by atoms with E-state index in [9.17, 15) is 4.79 Å². The summed E-state index contributed by atoms with van der Waals surface area (Å²) in [5.74, 6) is 0.223. The van der Waals surface area contributed by atoms with E-state index >= 15 is 0 Å². The zero-order valence-electron chi connectivity index (χ0n) is 9.64. The topological polar surface area (TPSA) is 29.1 Å². The minimum atomic E-state index is -0.115. The zero-order valence-corrected chi connectivity index (χ0v) is 13.6. The highest BCUT2D eigenvalue weighted by molar-refractivity contribution is 9.11. The molecule has 0 aliphatic heterocycles. The third kappa shape index (κ3) is 4.60. The normalized spacial score (nSPS) is 12.6. The maximum absolute atomic E-state index is 11.9. The summed E-state index contributed by atoms with van der Waals surface area (Å²) in [6.07, 6.45) is 0. The Kier molecular flexibility index (Phi) is 5.97. The molecule has 94 valence electrons. The lowest BCUT2D eigenvalue weighted by molar-refractivity contribution is 0.0951. The molecule has 1 aromatic carbocycles. The van der Waals surface area contributed by atoms with Crippen molar-refractivity contribution in [2.45, 2.75) is 19.2 Å². The molecule has 1 amide bonds. The van der Waals surface area contributed by atoms with Crippen LogP contribution >= 0.6 is 43.5 Å². The van der Waals surface area contributed by atoms with Crippen LogP contribution in [0.25, 0.3) is 0 Å². The van der Waals surface area contributed by atoms with E-state index in [-0.39, 0.29) is 11.3 Å². The molecular formula is C12H14Br2ClNO. The Bertz CT molecular complexity index is 409. The van der Waals surface area contributed by atoms with Crippen molar-refractivity contribution in [3.8, 4) is 0 Å². The van der Waals surface area contributed by atoms with Crippen molar-refractivity contribution in [2.75, 3.05) is 6.54 Å². The zero-order chi connectivity index (χ0) is 13.0. The predicted molar refractivity (Wildman–Crippen MR) is 78.7 cm³/mol. The number of carbonyl (C=O) groups is 1. The Labute approximate surface area is 123 Å². The number of benzene rings is 1. The van der Waals surface area contributed by atoms with Gasteiger partial charge in [0.05, 0.1) is 10.9 Å². The molecule has 1 unspecified atom stereocenters. The molecule has 0 saturated carbocycles. The highest BCUT2D eigenvalue weighted by Crippen LogP contribution is 2.21. The van der Waals surface area contributed by atoms with Crippen LogP contribution in [0.15, 0.2) is 27.1 Å². The molecular weight excluding hydrogens is 369 g/mol. The van der Waals surface area contributed by atoms with Crippen molar-refractivity contribution < 1.29 is 4.79 Å².